The molecule has 0 spiro atoms. The molecule has 1 aliphatic rings. The molecule has 0 saturated carbocycles. The average Bonchev–Trinajstić information content (AvgIpc) is 3.19. The standard InChI is InChI=1S/C25H29N3O8S/c1-18-5-2-3-6-21(18)28-17-22(29)27(24(28)31)13-4-14-36-19-7-9-20(10-8-19)37(33,34)25(23(30)26-32)11-15-35-16-12-25/h2-3,5-10,17,29,32H,4,11-16H2,1H3,(H,26,30). The van der Waals surface area contributed by atoms with Gasteiger partial charge in [-0.05, 0) is 62.1 Å². The summed E-state index contributed by atoms with van der Waals surface area (Å²) in [6.07, 6.45) is 1.65. The van der Waals surface area contributed by atoms with Crippen LogP contribution in [0.4, 0.5) is 0 Å². The zero-order valence-corrected chi connectivity index (χ0v) is 21.1. The number of rotatable bonds is 9. The Bertz CT molecular complexity index is 1420. The number of imidazole rings is 1. The van der Waals surface area contributed by atoms with Crippen molar-refractivity contribution in [2.24, 2.45) is 0 Å². The number of amides is 1. The van der Waals surface area contributed by atoms with E-state index in [1.807, 2.05) is 25.1 Å². The number of aromatic hydroxyl groups is 1. The molecule has 0 radical (unpaired) electrons. The number of hydroxylamine groups is 1. The van der Waals surface area contributed by atoms with E-state index >= 15 is 0 Å². The van der Waals surface area contributed by atoms with Crippen LogP contribution in [-0.4, -0.2) is 58.3 Å². The molecule has 2 aromatic carbocycles. The van der Waals surface area contributed by atoms with Gasteiger partial charge >= 0.3 is 5.69 Å². The van der Waals surface area contributed by atoms with E-state index in [4.69, 9.17) is 14.7 Å². The number of nitrogens with zero attached hydrogens (tertiary/aromatic N) is 2. The summed E-state index contributed by atoms with van der Waals surface area (Å²) in [6.45, 7) is 2.48. The third kappa shape index (κ3) is 4.99. The molecule has 3 N–H and O–H groups in total. The van der Waals surface area contributed by atoms with Gasteiger partial charge in [0, 0.05) is 19.8 Å². The highest BCUT2D eigenvalue weighted by atomic mass is 32.2. The molecule has 0 aliphatic carbocycles. The fourth-order valence-corrected chi connectivity index (χ4v) is 6.40. The number of aromatic nitrogens is 2. The lowest BCUT2D eigenvalue weighted by Crippen LogP contribution is -2.54. The molecule has 1 fully saturated rings. The minimum absolute atomic E-state index is 0.0700. The van der Waals surface area contributed by atoms with Crippen molar-refractivity contribution in [1.29, 1.82) is 0 Å². The van der Waals surface area contributed by atoms with Crippen molar-refractivity contribution in [3.63, 3.8) is 0 Å². The van der Waals surface area contributed by atoms with Gasteiger partial charge in [-0.3, -0.25) is 19.1 Å². The first-order valence-corrected chi connectivity index (χ1v) is 13.3. The third-order valence-corrected chi connectivity index (χ3v) is 9.11. The number of benzene rings is 2. The predicted molar refractivity (Wildman–Crippen MR) is 133 cm³/mol. The quantitative estimate of drug-likeness (QED) is 0.216. The summed E-state index contributed by atoms with van der Waals surface area (Å²) in [5, 5.41) is 19.4. The molecule has 1 amide bonds. The maximum atomic E-state index is 13.3. The molecule has 0 atom stereocenters. The molecule has 0 bridgehead atoms. The van der Waals surface area contributed by atoms with Crippen molar-refractivity contribution in [3.8, 4) is 17.3 Å². The largest absolute Gasteiger partial charge is 0.494 e. The van der Waals surface area contributed by atoms with Crippen LogP contribution in [0.2, 0.25) is 0 Å². The minimum atomic E-state index is -4.12. The average molecular weight is 532 g/mol. The first-order valence-electron chi connectivity index (χ1n) is 11.8. The number of carbonyl (C=O) groups is 1. The second kappa shape index (κ2) is 10.8. The fraction of sp³-hybridized carbons (Fsp3) is 0.360. The topological polar surface area (TPSA) is 149 Å². The van der Waals surface area contributed by atoms with Gasteiger partial charge in [-0.15, -0.1) is 0 Å². The Morgan fingerprint density at radius 3 is 2.46 bits per heavy atom. The number of para-hydroxylation sites is 1. The molecule has 198 valence electrons. The molecule has 1 saturated heterocycles. The van der Waals surface area contributed by atoms with Crippen LogP contribution in [0, 0.1) is 6.92 Å². The number of ether oxygens (including phenoxy) is 2. The number of hydrogen-bond acceptors (Lipinski definition) is 8. The van der Waals surface area contributed by atoms with Crippen LogP contribution >= 0.6 is 0 Å². The maximum absolute atomic E-state index is 13.3. The van der Waals surface area contributed by atoms with Gasteiger partial charge < -0.3 is 14.6 Å². The Morgan fingerprint density at radius 1 is 1.14 bits per heavy atom. The first-order chi connectivity index (χ1) is 17.7. The van der Waals surface area contributed by atoms with Crippen LogP contribution in [0.15, 0.2) is 64.4 Å². The van der Waals surface area contributed by atoms with Crippen LogP contribution in [0.3, 0.4) is 0 Å². The van der Waals surface area contributed by atoms with Crippen LogP contribution in [0.5, 0.6) is 11.6 Å². The molecule has 37 heavy (non-hydrogen) atoms. The molecule has 1 aliphatic heterocycles. The van der Waals surface area contributed by atoms with Gasteiger partial charge in [0.05, 0.1) is 23.4 Å². The first kappa shape index (κ1) is 26.5. The number of sulfone groups is 1. The fourth-order valence-electron chi connectivity index (χ4n) is 4.46. The van der Waals surface area contributed by atoms with E-state index in [2.05, 4.69) is 0 Å². The Balaban J connectivity index is 1.40. The highest BCUT2D eigenvalue weighted by Gasteiger charge is 2.52. The Morgan fingerprint density at radius 2 is 1.81 bits per heavy atom. The monoisotopic (exact) mass is 531 g/mol. The molecule has 4 rings (SSSR count). The third-order valence-electron chi connectivity index (χ3n) is 6.59. The zero-order valence-electron chi connectivity index (χ0n) is 20.3. The smallest absolute Gasteiger partial charge is 0.335 e. The second-order valence-corrected chi connectivity index (χ2v) is 11.1. The number of nitrogens with one attached hydrogen (secondary N) is 1. The highest BCUT2D eigenvalue weighted by molar-refractivity contribution is 7.93. The Labute approximate surface area is 213 Å². The van der Waals surface area contributed by atoms with E-state index in [0.29, 0.717) is 17.9 Å². The molecule has 0 unspecified atom stereocenters. The molecule has 11 nitrogen and oxygen atoms in total. The molecular formula is C25H29N3O8S. The summed E-state index contributed by atoms with van der Waals surface area (Å²) in [7, 11) is -4.12. The predicted octanol–water partition coefficient (Wildman–Crippen LogP) is 1.95. The minimum Gasteiger partial charge on any atom is -0.494 e. The number of carbonyl (C=O) groups excluding carboxylic acids is 1. The zero-order chi connectivity index (χ0) is 26.6. The molecular weight excluding hydrogens is 502 g/mol. The van der Waals surface area contributed by atoms with Crippen molar-refractivity contribution in [2.45, 2.75) is 42.4 Å². The van der Waals surface area contributed by atoms with Crippen molar-refractivity contribution < 1.29 is 33.0 Å². The summed E-state index contributed by atoms with van der Waals surface area (Å²) in [4.78, 5) is 25.1. The van der Waals surface area contributed by atoms with Gasteiger partial charge in [-0.25, -0.2) is 18.7 Å². The Hall–Kier alpha value is -3.61. The summed E-state index contributed by atoms with van der Waals surface area (Å²) in [5.41, 5.74) is 2.71. The van der Waals surface area contributed by atoms with Crippen LogP contribution in [0.1, 0.15) is 24.8 Å². The van der Waals surface area contributed by atoms with Crippen LogP contribution in [-0.2, 0) is 25.9 Å². The number of hydrogen-bond donors (Lipinski definition) is 3. The molecule has 12 heteroatoms. The van der Waals surface area contributed by atoms with Crippen LogP contribution < -0.4 is 15.9 Å². The van der Waals surface area contributed by atoms with E-state index < -0.39 is 20.5 Å². The van der Waals surface area contributed by atoms with Gasteiger partial charge in [0.25, 0.3) is 5.91 Å². The van der Waals surface area contributed by atoms with Crippen LogP contribution in [0.25, 0.3) is 5.69 Å². The summed E-state index contributed by atoms with van der Waals surface area (Å²) in [6, 6.07) is 13.0. The summed E-state index contributed by atoms with van der Waals surface area (Å²) < 4.78 is 38.3. The molecule has 2 heterocycles. The van der Waals surface area contributed by atoms with E-state index in [-0.39, 0.29) is 55.7 Å². The second-order valence-electron chi connectivity index (χ2n) is 8.80. The van der Waals surface area contributed by atoms with E-state index in [1.54, 1.807) is 6.07 Å². The Kier molecular flexibility index (Phi) is 7.71. The lowest BCUT2D eigenvalue weighted by molar-refractivity contribution is -0.134. The van der Waals surface area contributed by atoms with E-state index in [1.165, 1.54) is 45.1 Å². The van der Waals surface area contributed by atoms with Gasteiger partial charge in [0.1, 0.15) is 5.75 Å². The van der Waals surface area contributed by atoms with Crippen molar-refractivity contribution in [3.05, 3.63) is 70.8 Å². The lowest BCUT2D eigenvalue weighted by atomic mass is 9.98. The van der Waals surface area contributed by atoms with E-state index in [0.717, 1.165) is 5.56 Å². The summed E-state index contributed by atoms with van der Waals surface area (Å²) >= 11 is 0. The number of aryl methyl sites for hydroxylation is 1. The van der Waals surface area contributed by atoms with Crippen molar-refractivity contribution >= 4 is 15.7 Å². The molecule has 1 aromatic heterocycles. The van der Waals surface area contributed by atoms with E-state index in [9.17, 15) is 23.1 Å². The van der Waals surface area contributed by atoms with Gasteiger partial charge in [-0.1, -0.05) is 18.2 Å². The highest BCUT2D eigenvalue weighted by Crippen LogP contribution is 2.35. The summed E-state index contributed by atoms with van der Waals surface area (Å²) in [5.74, 6) is -0.733. The van der Waals surface area contributed by atoms with Gasteiger partial charge in [0.2, 0.25) is 5.88 Å². The normalized spacial score (nSPS) is 15.3. The lowest BCUT2D eigenvalue weighted by Gasteiger charge is -2.34. The van der Waals surface area contributed by atoms with Crippen molar-refractivity contribution in [1.82, 2.24) is 14.6 Å². The SMILES string of the molecule is Cc1ccccc1-n1cc(O)n(CCCOc2ccc(S(=O)(=O)C3(C(=O)NO)CCOCC3)cc2)c1=O. The van der Waals surface area contributed by atoms with Gasteiger partial charge in [-0.2, -0.15) is 0 Å². The van der Waals surface area contributed by atoms with Crippen molar-refractivity contribution in [2.75, 3.05) is 19.8 Å². The maximum Gasteiger partial charge on any atom is 0.335 e. The van der Waals surface area contributed by atoms with Gasteiger partial charge in [0.15, 0.2) is 14.6 Å². The molecule has 3 aromatic rings.